The maximum Gasteiger partial charge on any atom is 0.258 e. The number of benzene rings is 3. The number of ether oxygens (including phenoxy) is 1. The molecule has 0 unspecified atom stereocenters. The highest BCUT2D eigenvalue weighted by Gasteiger charge is 2.22. The number of carbonyl (C=O) groups is 2. The molecule has 0 aliphatic carbocycles. The van der Waals surface area contributed by atoms with Crippen LogP contribution in [-0.4, -0.2) is 25.0 Å². The number of amides is 2. The molecule has 1 aliphatic heterocycles. The Kier molecular flexibility index (Phi) is 5.47. The van der Waals surface area contributed by atoms with Crippen molar-refractivity contribution in [1.82, 2.24) is 5.32 Å². The van der Waals surface area contributed by atoms with Crippen molar-refractivity contribution in [3.63, 3.8) is 0 Å². The van der Waals surface area contributed by atoms with Gasteiger partial charge >= 0.3 is 0 Å². The van der Waals surface area contributed by atoms with Gasteiger partial charge in [0.1, 0.15) is 5.75 Å². The summed E-state index contributed by atoms with van der Waals surface area (Å²) >= 11 is 0. The zero-order valence-electron chi connectivity index (χ0n) is 16.4. The minimum atomic E-state index is -0.187. The van der Waals surface area contributed by atoms with Gasteiger partial charge in [-0.15, -0.1) is 0 Å². The number of nitrogens with zero attached hydrogens (tertiary/aromatic N) is 1. The van der Waals surface area contributed by atoms with Crippen LogP contribution in [0.15, 0.2) is 66.7 Å². The van der Waals surface area contributed by atoms with Crippen molar-refractivity contribution in [2.45, 2.75) is 25.8 Å². The fourth-order valence-electron chi connectivity index (χ4n) is 3.65. The molecule has 0 radical (unpaired) electrons. The van der Waals surface area contributed by atoms with Crippen molar-refractivity contribution in [3.8, 4) is 5.75 Å². The van der Waals surface area contributed by atoms with Gasteiger partial charge in [0.2, 0.25) is 5.91 Å². The molecule has 1 aliphatic rings. The Morgan fingerprint density at radius 1 is 1.07 bits per heavy atom. The summed E-state index contributed by atoms with van der Waals surface area (Å²) in [5.74, 6) is 0.521. The first-order chi connectivity index (χ1) is 14.1. The maximum absolute atomic E-state index is 12.4. The second-order valence-electron chi connectivity index (χ2n) is 7.33. The van der Waals surface area contributed by atoms with Crippen molar-refractivity contribution in [1.29, 1.82) is 0 Å². The van der Waals surface area contributed by atoms with Crippen LogP contribution in [0.25, 0.3) is 10.8 Å². The fourth-order valence-corrected chi connectivity index (χ4v) is 3.65. The van der Waals surface area contributed by atoms with Crippen LogP contribution in [0, 0.1) is 0 Å². The van der Waals surface area contributed by atoms with E-state index in [2.05, 4.69) is 29.6 Å². The van der Waals surface area contributed by atoms with Crippen LogP contribution in [0.1, 0.15) is 31.4 Å². The molecular weight excluding hydrogens is 364 g/mol. The summed E-state index contributed by atoms with van der Waals surface area (Å²) in [5, 5.41) is 5.30. The fraction of sp³-hybridized carbons (Fsp3) is 0.250. The highest BCUT2D eigenvalue weighted by Crippen LogP contribution is 2.25. The van der Waals surface area contributed by atoms with E-state index in [-0.39, 0.29) is 24.5 Å². The van der Waals surface area contributed by atoms with Gasteiger partial charge in [0, 0.05) is 24.7 Å². The summed E-state index contributed by atoms with van der Waals surface area (Å²) < 4.78 is 5.66. The summed E-state index contributed by atoms with van der Waals surface area (Å²) in [6.45, 7) is 2.61. The molecule has 5 heteroatoms. The van der Waals surface area contributed by atoms with Gasteiger partial charge in [-0.25, -0.2) is 0 Å². The van der Waals surface area contributed by atoms with E-state index >= 15 is 0 Å². The molecule has 29 heavy (non-hydrogen) atoms. The third-order valence-electron chi connectivity index (χ3n) is 5.22. The molecule has 3 aromatic carbocycles. The van der Waals surface area contributed by atoms with Crippen LogP contribution >= 0.6 is 0 Å². The predicted octanol–water partition coefficient (Wildman–Crippen LogP) is 4.22. The van der Waals surface area contributed by atoms with E-state index in [9.17, 15) is 9.59 Å². The Hall–Kier alpha value is -3.34. The molecule has 1 saturated heterocycles. The Balaban J connectivity index is 1.35. The molecule has 0 saturated carbocycles. The molecule has 0 spiro atoms. The van der Waals surface area contributed by atoms with Crippen molar-refractivity contribution < 1.29 is 14.3 Å². The smallest absolute Gasteiger partial charge is 0.258 e. The van der Waals surface area contributed by atoms with Gasteiger partial charge in [0.25, 0.3) is 5.91 Å². The largest absolute Gasteiger partial charge is 0.484 e. The molecule has 1 fully saturated rings. The lowest BCUT2D eigenvalue weighted by atomic mass is 10.0. The minimum Gasteiger partial charge on any atom is -0.484 e. The molecule has 4 rings (SSSR count). The molecule has 3 aromatic rings. The van der Waals surface area contributed by atoms with Crippen LogP contribution in [0.5, 0.6) is 5.75 Å². The molecule has 1 heterocycles. The Labute approximate surface area is 170 Å². The molecule has 1 N–H and O–H groups in total. The van der Waals surface area contributed by atoms with Gasteiger partial charge in [-0.3, -0.25) is 9.59 Å². The highest BCUT2D eigenvalue weighted by molar-refractivity contribution is 5.95. The third kappa shape index (κ3) is 4.40. The van der Waals surface area contributed by atoms with E-state index in [1.807, 2.05) is 43.3 Å². The number of fused-ring (bicyclic) bond motifs is 1. The Morgan fingerprint density at radius 3 is 2.69 bits per heavy atom. The molecule has 5 nitrogen and oxygen atoms in total. The summed E-state index contributed by atoms with van der Waals surface area (Å²) in [7, 11) is 0. The van der Waals surface area contributed by atoms with Crippen LogP contribution in [0.4, 0.5) is 5.69 Å². The number of carbonyl (C=O) groups excluding carboxylic acids is 2. The lowest BCUT2D eigenvalue weighted by molar-refractivity contribution is -0.123. The van der Waals surface area contributed by atoms with Gasteiger partial charge < -0.3 is 15.0 Å². The first kappa shape index (κ1) is 19.0. The zero-order valence-corrected chi connectivity index (χ0v) is 16.4. The van der Waals surface area contributed by atoms with E-state index < -0.39 is 0 Å². The molecule has 1 atom stereocenters. The van der Waals surface area contributed by atoms with Gasteiger partial charge in [-0.1, -0.05) is 42.5 Å². The number of rotatable bonds is 6. The van der Waals surface area contributed by atoms with Crippen LogP contribution in [0.3, 0.4) is 0 Å². The number of hydrogen-bond acceptors (Lipinski definition) is 3. The average molecular weight is 388 g/mol. The van der Waals surface area contributed by atoms with E-state index in [0.717, 1.165) is 29.6 Å². The van der Waals surface area contributed by atoms with Crippen molar-refractivity contribution in [2.75, 3.05) is 18.1 Å². The zero-order chi connectivity index (χ0) is 20.2. The third-order valence-corrected chi connectivity index (χ3v) is 5.22. The Morgan fingerprint density at radius 2 is 1.90 bits per heavy atom. The predicted molar refractivity (Wildman–Crippen MR) is 114 cm³/mol. The first-order valence-electron chi connectivity index (χ1n) is 9.91. The van der Waals surface area contributed by atoms with E-state index in [4.69, 9.17) is 4.74 Å². The minimum absolute atomic E-state index is 0.0741. The highest BCUT2D eigenvalue weighted by atomic mass is 16.5. The van der Waals surface area contributed by atoms with Crippen LogP contribution in [0.2, 0.25) is 0 Å². The summed E-state index contributed by atoms with van der Waals surface area (Å²) in [6, 6.07) is 21.6. The van der Waals surface area contributed by atoms with Gasteiger partial charge in [0.05, 0.1) is 6.04 Å². The number of hydrogen-bond donors (Lipinski definition) is 1. The van der Waals surface area contributed by atoms with Crippen LogP contribution < -0.4 is 15.0 Å². The number of anilines is 1. The van der Waals surface area contributed by atoms with Gasteiger partial charge in [-0.05, 0) is 47.9 Å². The van der Waals surface area contributed by atoms with Crippen molar-refractivity contribution in [3.05, 3.63) is 72.3 Å². The quantitative estimate of drug-likeness (QED) is 0.688. The Bertz CT molecular complexity index is 1050. The SMILES string of the molecule is C[C@@H](NC(=O)COc1cccc(N2CCCC2=O)c1)c1ccc2ccccc2c1. The van der Waals surface area contributed by atoms with Crippen molar-refractivity contribution in [2.24, 2.45) is 0 Å². The monoisotopic (exact) mass is 388 g/mol. The molecular formula is C24H24N2O3. The summed E-state index contributed by atoms with van der Waals surface area (Å²) in [4.78, 5) is 26.0. The topological polar surface area (TPSA) is 58.6 Å². The molecule has 148 valence electrons. The average Bonchev–Trinajstić information content (AvgIpc) is 3.18. The standard InChI is InChI=1S/C24H24N2O3/c1-17(19-12-11-18-6-2-3-7-20(18)14-19)25-23(27)16-29-22-9-4-8-21(15-22)26-13-5-10-24(26)28/h2-4,6-9,11-12,14-15,17H,5,10,13,16H2,1H3,(H,25,27)/t17-/m1/s1. The van der Waals surface area contributed by atoms with Gasteiger partial charge in [-0.2, -0.15) is 0 Å². The molecule has 0 aromatic heterocycles. The summed E-state index contributed by atoms with van der Waals surface area (Å²) in [5.41, 5.74) is 1.86. The van der Waals surface area contributed by atoms with Crippen molar-refractivity contribution >= 4 is 28.3 Å². The van der Waals surface area contributed by atoms with E-state index in [1.165, 1.54) is 5.39 Å². The van der Waals surface area contributed by atoms with E-state index in [0.29, 0.717) is 12.2 Å². The lowest BCUT2D eigenvalue weighted by Crippen LogP contribution is -2.31. The second-order valence-corrected chi connectivity index (χ2v) is 7.33. The van der Waals surface area contributed by atoms with Gasteiger partial charge in [0.15, 0.2) is 6.61 Å². The number of nitrogens with one attached hydrogen (secondary N) is 1. The normalized spacial score (nSPS) is 14.8. The lowest BCUT2D eigenvalue weighted by Gasteiger charge is -2.17. The molecule has 2 amide bonds. The second kappa shape index (κ2) is 8.35. The summed E-state index contributed by atoms with van der Waals surface area (Å²) in [6.07, 6.45) is 1.46. The van der Waals surface area contributed by atoms with E-state index in [1.54, 1.807) is 11.0 Å². The van der Waals surface area contributed by atoms with Crippen LogP contribution in [-0.2, 0) is 9.59 Å². The molecule has 0 bridgehead atoms. The maximum atomic E-state index is 12.4. The first-order valence-corrected chi connectivity index (χ1v) is 9.91.